The van der Waals surface area contributed by atoms with Crippen LogP contribution in [0.3, 0.4) is 0 Å². The summed E-state index contributed by atoms with van der Waals surface area (Å²) in [5.41, 5.74) is 1.46. The highest BCUT2D eigenvalue weighted by molar-refractivity contribution is 5.90. The first-order chi connectivity index (χ1) is 9.72. The Hall–Kier alpha value is -1.90. The molecule has 5 nitrogen and oxygen atoms in total. The number of esters is 1. The summed E-state index contributed by atoms with van der Waals surface area (Å²) >= 11 is 0. The third-order valence-electron chi connectivity index (χ3n) is 2.97. The van der Waals surface area contributed by atoms with Crippen LogP contribution in [0.15, 0.2) is 24.3 Å². The predicted octanol–water partition coefficient (Wildman–Crippen LogP) is 1.84. The Bertz CT molecular complexity index is 468. The number of hydrogen-bond acceptors (Lipinski definition) is 5. The summed E-state index contributed by atoms with van der Waals surface area (Å²) in [6.07, 6.45) is 0.449. The van der Waals surface area contributed by atoms with Gasteiger partial charge in [-0.3, -0.25) is 4.90 Å². The number of ether oxygens (including phenoxy) is 2. The number of carbonyl (C=O) groups excluding carboxylic acids is 1. The van der Waals surface area contributed by atoms with Crippen molar-refractivity contribution in [2.45, 2.75) is 13.0 Å². The minimum atomic E-state index is -0.340. The van der Waals surface area contributed by atoms with Gasteiger partial charge in [-0.15, -0.1) is 0 Å². The van der Waals surface area contributed by atoms with Gasteiger partial charge in [-0.1, -0.05) is 18.2 Å². The first-order valence-corrected chi connectivity index (χ1v) is 6.47. The quantitative estimate of drug-likeness (QED) is 0.678. The lowest BCUT2D eigenvalue weighted by molar-refractivity contribution is 0.0598. The highest BCUT2D eigenvalue weighted by Crippen LogP contribution is 2.13. The first-order valence-electron chi connectivity index (χ1n) is 6.47. The van der Waals surface area contributed by atoms with Crippen LogP contribution in [0, 0.1) is 11.3 Å². The summed E-state index contributed by atoms with van der Waals surface area (Å²) in [5.74, 6) is -0.340. The van der Waals surface area contributed by atoms with E-state index in [-0.39, 0.29) is 5.97 Å². The van der Waals surface area contributed by atoms with Crippen molar-refractivity contribution in [2.24, 2.45) is 0 Å². The Labute approximate surface area is 119 Å². The molecule has 108 valence electrons. The van der Waals surface area contributed by atoms with Crippen molar-refractivity contribution in [3.05, 3.63) is 35.4 Å². The third kappa shape index (κ3) is 5.00. The zero-order chi connectivity index (χ0) is 14.8. The number of nitriles is 1. The normalized spacial score (nSPS) is 10.3. The second-order valence-electron chi connectivity index (χ2n) is 4.33. The molecule has 1 aromatic carbocycles. The summed E-state index contributed by atoms with van der Waals surface area (Å²) in [6.45, 7) is 2.55. The predicted molar refractivity (Wildman–Crippen MR) is 75.2 cm³/mol. The highest BCUT2D eigenvalue weighted by atomic mass is 16.5. The lowest BCUT2D eigenvalue weighted by Crippen LogP contribution is -2.28. The van der Waals surface area contributed by atoms with Crippen molar-refractivity contribution >= 4 is 5.97 Å². The van der Waals surface area contributed by atoms with Crippen molar-refractivity contribution in [3.63, 3.8) is 0 Å². The Morgan fingerprint density at radius 2 is 2.05 bits per heavy atom. The Kier molecular flexibility index (Phi) is 7.33. The largest absolute Gasteiger partial charge is 0.465 e. The van der Waals surface area contributed by atoms with Crippen molar-refractivity contribution in [1.29, 1.82) is 5.26 Å². The standard InChI is InChI=1S/C15H20N2O3/c1-19-11-10-17(9-5-8-16)12-13-6-3-4-7-14(13)15(18)20-2/h3-4,6-7H,5,9-12H2,1-2H3. The van der Waals surface area contributed by atoms with Gasteiger partial charge in [0.05, 0.1) is 25.3 Å². The maximum absolute atomic E-state index is 11.7. The minimum absolute atomic E-state index is 0.340. The number of hydrogen-bond donors (Lipinski definition) is 0. The zero-order valence-electron chi connectivity index (χ0n) is 12.0. The molecule has 0 aromatic heterocycles. The van der Waals surface area contributed by atoms with E-state index in [1.54, 1.807) is 13.2 Å². The summed E-state index contributed by atoms with van der Waals surface area (Å²) in [4.78, 5) is 13.8. The van der Waals surface area contributed by atoms with Crippen LogP contribution in [0.2, 0.25) is 0 Å². The van der Waals surface area contributed by atoms with Crippen molar-refractivity contribution in [1.82, 2.24) is 4.90 Å². The van der Waals surface area contributed by atoms with Gasteiger partial charge < -0.3 is 9.47 Å². The van der Waals surface area contributed by atoms with Crippen LogP contribution in [0.1, 0.15) is 22.3 Å². The van der Waals surface area contributed by atoms with Crippen LogP contribution in [0.4, 0.5) is 0 Å². The Morgan fingerprint density at radius 3 is 2.70 bits per heavy atom. The van der Waals surface area contributed by atoms with Crippen molar-refractivity contribution in [2.75, 3.05) is 33.9 Å². The summed E-state index contributed by atoms with van der Waals surface area (Å²) in [7, 11) is 3.02. The number of carbonyl (C=O) groups is 1. The van der Waals surface area contributed by atoms with Crippen LogP contribution >= 0.6 is 0 Å². The van der Waals surface area contributed by atoms with Gasteiger partial charge in [0, 0.05) is 33.2 Å². The lowest BCUT2D eigenvalue weighted by atomic mass is 10.1. The molecule has 1 rings (SSSR count). The molecule has 1 aromatic rings. The molecular weight excluding hydrogens is 256 g/mol. The van der Waals surface area contributed by atoms with E-state index in [9.17, 15) is 4.79 Å². The molecule has 0 N–H and O–H groups in total. The maximum Gasteiger partial charge on any atom is 0.338 e. The van der Waals surface area contributed by atoms with Gasteiger partial charge in [-0.2, -0.15) is 5.26 Å². The molecule has 0 saturated heterocycles. The number of rotatable bonds is 8. The van der Waals surface area contributed by atoms with E-state index in [1.807, 2.05) is 18.2 Å². The summed E-state index contributed by atoms with van der Waals surface area (Å²) < 4.78 is 9.86. The average molecular weight is 276 g/mol. The SMILES string of the molecule is COCCN(CCC#N)Cc1ccccc1C(=O)OC. The molecule has 0 fully saturated rings. The van der Waals surface area contributed by atoms with Gasteiger partial charge in [0.2, 0.25) is 0 Å². The third-order valence-corrected chi connectivity index (χ3v) is 2.97. The second kappa shape index (κ2) is 9.08. The van der Waals surface area contributed by atoms with E-state index >= 15 is 0 Å². The monoisotopic (exact) mass is 276 g/mol. The van der Waals surface area contributed by atoms with E-state index in [4.69, 9.17) is 14.7 Å². The van der Waals surface area contributed by atoms with Gasteiger partial charge in [0.1, 0.15) is 0 Å². The van der Waals surface area contributed by atoms with Crippen LogP contribution in [-0.4, -0.2) is 44.8 Å². The number of benzene rings is 1. The van der Waals surface area contributed by atoms with Crippen LogP contribution in [-0.2, 0) is 16.0 Å². The molecule has 0 aliphatic heterocycles. The molecule has 5 heteroatoms. The molecule has 20 heavy (non-hydrogen) atoms. The molecule has 0 saturated carbocycles. The fraction of sp³-hybridized carbons (Fsp3) is 0.467. The van der Waals surface area contributed by atoms with E-state index in [0.29, 0.717) is 38.2 Å². The topological polar surface area (TPSA) is 62.6 Å². The molecule has 0 amide bonds. The second-order valence-corrected chi connectivity index (χ2v) is 4.33. The van der Waals surface area contributed by atoms with E-state index in [1.165, 1.54) is 7.11 Å². The Morgan fingerprint density at radius 1 is 1.30 bits per heavy atom. The van der Waals surface area contributed by atoms with Crippen LogP contribution in [0.25, 0.3) is 0 Å². The minimum Gasteiger partial charge on any atom is -0.465 e. The molecule has 0 unspecified atom stereocenters. The van der Waals surface area contributed by atoms with Gasteiger partial charge in [-0.25, -0.2) is 4.79 Å². The number of methoxy groups -OCH3 is 2. The van der Waals surface area contributed by atoms with E-state index in [0.717, 1.165) is 5.56 Å². The Balaban J connectivity index is 2.81. The average Bonchev–Trinajstić information content (AvgIpc) is 2.49. The van der Waals surface area contributed by atoms with Crippen LogP contribution in [0.5, 0.6) is 0 Å². The smallest absolute Gasteiger partial charge is 0.338 e. The molecule has 0 spiro atoms. The van der Waals surface area contributed by atoms with Gasteiger partial charge in [-0.05, 0) is 11.6 Å². The van der Waals surface area contributed by atoms with Gasteiger partial charge in [0.25, 0.3) is 0 Å². The van der Waals surface area contributed by atoms with E-state index < -0.39 is 0 Å². The van der Waals surface area contributed by atoms with Gasteiger partial charge in [0.15, 0.2) is 0 Å². The molecule has 0 atom stereocenters. The summed E-state index contributed by atoms with van der Waals surface area (Å²) in [5, 5.41) is 8.71. The lowest BCUT2D eigenvalue weighted by Gasteiger charge is -2.21. The van der Waals surface area contributed by atoms with Crippen molar-refractivity contribution in [3.8, 4) is 6.07 Å². The molecule has 0 aliphatic rings. The van der Waals surface area contributed by atoms with Gasteiger partial charge >= 0.3 is 5.97 Å². The first kappa shape index (κ1) is 16.2. The number of nitrogens with zero attached hydrogens (tertiary/aromatic N) is 2. The van der Waals surface area contributed by atoms with Crippen molar-refractivity contribution < 1.29 is 14.3 Å². The fourth-order valence-corrected chi connectivity index (χ4v) is 1.91. The van der Waals surface area contributed by atoms with E-state index in [2.05, 4.69) is 11.0 Å². The molecule has 0 radical (unpaired) electrons. The highest BCUT2D eigenvalue weighted by Gasteiger charge is 2.14. The molecule has 0 aliphatic carbocycles. The zero-order valence-corrected chi connectivity index (χ0v) is 12.0. The van der Waals surface area contributed by atoms with Crippen LogP contribution < -0.4 is 0 Å². The summed E-state index contributed by atoms with van der Waals surface area (Å²) in [6, 6.07) is 9.49. The molecule has 0 bridgehead atoms. The molecular formula is C15H20N2O3. The maximum atomic E-state index is 11.7. The molecule has 0 heterocycles. The fourth-order valence-electron chi connectivity index (χ4n) is 1.91.